The molecule has 212 valence electrons. The van der Waals surface area contributed by atoms with E-state index in [0.29, 0.717) is 54.7 Å². The van der Waals surface area contributed by atoms with Crippen molar-refractivity contribution in [2.75, 3.05) is 6.61 Å². The van der Waals surface area contributed by atoms with Crippen molar-refractivity contribution in [3.63, 3.8) is 0 Å². The van der Waals surface area contributed by atoms with Crippen molar-refractivity contribution in [1.82, 2.24) is 14.5 Å². The highest BCUT2D eigenvalue weighted by Gasteiger charge is 2.33. The summed E-state index contributed by atoms with van der Waals surface area (Å²) >= 11 is 2.38. The van der Waals surface area contributed by atoms with Crippen LogP contribution in [0.1, 0.15) is 50.8 Å². The first-order valence-electron chi connectivity index (χ1n) is 12.9. The number of ether oxygens (including phenoxy) is 2. The summed E-state index contributed by atoms with van der Waals surface area (Å²) in [6.07, 6.45) is 1.30. The summed E-state index contributed by atoms with van der Waals surface area (Å²) in [5.74, 6) is 0.609. The molecular weight excluding hydrogens is 564 g/mol. The fourth-order valence-corrected chi connectivity index (χ4v) is 6.21. The highest BCUT2D eigenvalue weighted by Crippen LogP contribution is 2.32. The van der Waals surface area contributed by atoms with Crippen molar-refractivity contribution in [1.29, 1.82) is 0 Å². The Morgan fingerprint density at radius 3 is 2.63 bits per heavy atom. The molecule has 0 amide bonds. The Morgan fingerprint density at radius 1 is 1.20 bits per heavy atom. The van der Waals surface area contributed by atoms with Crippen molar-refractivity contribution in [2.24, 2.45) is 4.99 Å². The van der Waals surface area contributed by atoms with Gasteiger partial charge in [-0.05, 0) is 76.2 Å². The average molecular weight is 593 g/mol. The maximum atomic E-state index is 13.8. The summed E-state index contributed by atoms with van der Waals surface area (Å²) in [5.41, 5.74) is 1.55. The number of hydrogen-bond donors (Lipinski definition) is 1. The SMILES string of the molecule is CCOc1ccc([C@H]2C(C(=O)OC(C)C)=C(C)N=c3s/c(=C\c4ccc(Sc5nc(C)cc(=O)[nH]5)o4)c(=O)n32)cc1. The fourth-order valence-electron chi connectivity index (χ4n) is 4.38. The highest BCUT2D eigenvalue weighted by atomic mass is 32.2. The van der Waals surface area contributed by atoms with Crippen LogP contribution in [0.4, 0.5) is 0 Å². The lowest BCUT2D eigenvalue weighted by atomic mass is 9.96. The minimum atomic E-state index is -0.734. The predicted molar refractivity (Wildman–Crippen MR) is 155 cm³/mol. The maximum Gasteiger partial charge on any atom is 0.338 e. The molecule has 0 fully saturated rings. The smallest absolute Gasteiger partial charge is 0.338 e. The van der Waals surface area contributed by atoms with Crippen molar-refractivity contribution < 1.29 is 18.7 Å². The highest BCUT2D eigenvalue weighted by molar-refractivity contribution is 7.99. The fraction of sp³-hybridized carbons (Fsp3) is 0.276. The summed E-state index contributed by atoms with van der Waals surface area (Å²) in [6.45, 7) is 9.46. The van der Waals surface area contributed by atoms with E-state index in [1.54, 1.807) is 45.9 Å². The number of allylic oxidation sites excluding steroid dienone is 1. The number of carbonyl (C=O) groups excluding carboxylic acids is 1. The molecule has 1 aromatic carbocycles. The number of rotatable bonds is 8. The number of thiazole rings is 1. The second-order valence-electron chi connectivity index (χ2n) is 9.49. The number of H-pyrrole nitrogens is 1. The lowest BCUT2D eigenvalue weighted by Gasteiger charge is -2.25. The number of aromatic nitrogens is 3. The van der Waals surface area contributed by atoms with Crippen LogP contribution in [0.25, 0.3) is 6.08 Å². The van der Waals surface area contributed by atoms with Crippen molar-refractivity contribution in [3.8, 4) is 5.75 Å². The number of furan rings is 1. The zero-order valence-corrected chi connectivity index (χ0v) is 24.7. The van der Waals surface area contributed by atoms with Gasteiger partial charge < -0.3 is 18.9 Å². The number of aryl methyl sites for hydroxylation is 1. The molecule has 4 aromatic rings. The van der Waals surface area contributed by atoms with Crippen molar-refractivity contribution >= 4 is 35.1 Å². The van der Waals surface area contributed by atoms with Gasteiger partial charge in [-0.1, -0.05) is 23.5 Å². The molecule has 10 nitrogen and oxygen atoms in total. The lowest BCUT2D eigenvalue weighted by molar-refractivity contribution is -0.143. The molecule has 3 aromatic heterocycles. The maximum absolute atomic E-state index is 13.8. The largest absolute Gasteiger partial charge is 0.494 e. The topological polar surface area (TPSA) is 129 Å². The molecule has 0 spiro atoms. The van der Waals surface area contributed by atoms with Crippen LogP contribution in [-0.4, -0.2) is 33.2 Å². The molecule has 1 aliphatic rings. The van der Waals surface area contributed by atoms with Crippen LogP contribution < -0.4 is 25.2 Å². The van der Waals surface area contributed by atoms with E-state index in [9.17, 15) is 14.4 Å². The van der Waals surface area contributed by atoms with Crippen LogP contribution in [0.5, 0.6) is 5.75 Å². The molecule has 0 bridgehead atoms. The van der Waals surface area contributed by atoms with Gasteiger partial charge in [0.15, 0.2) is 15.1 Å². The van der Waals surface area contributed by atoms with Gasteiger partial charge in [-0.15, -0.1) is 0 Å². The van der Waals surface area contributed by atoms with Gasteiger partial charge in [-0.2, -0.15) is 0 Å². The Labute approximate surface area is 243 Å². The summed E-state index contributed by atoms with van der Waals surface area (Å²) < 4.78 is 19.0. The number of nitrogens with one attached hydrogen (secondary N) is 1. The number of benzene rings is 1. The van der Waals surface area contributed by atoms with Crippen LogP contribution >= 0.6 is 23.1 Å². The van der Waals surface area contributed by atoms with Crippen LogP contribution in [-0.2, 0) is 9.53 Å². The van der Waals surface area contributed by atoms with Gasteiger partial charge in [0.1, 0.15) is 11.5 Å². The second-order valence-corrected chi connectivity index (χ2v) is 11.5. The number of esters is 1. The Kier molecular flexibility index (Phi) is 8.13. The van der Waals surface area contributed by atoms with E-state index in [2.05, 4.69) is 15.0 Å². The Bertz CT molecular complexity index is 1880. The van der Waals surface area contributed by atoms with Gasteiger partial charge in [-0.25, -0.2) is 14.8 Å². The number of fused-ring (bicyclic) bond motifs is 1. The molecule has 1 atom stereocenters. The molecule has 4 heterocycles. The van der Waals surface area contributed by atoms with Crippen LogP contribution in [0.15, 0.2) is 83.0 Å². The standard InChI is InChI=1S/C29H28N4O6S2/c1-6-37-19-9-7-18(8-10-19)25-24(27(36)38-15(2)3)17(5)31-29-33(25)26(35)21(40-29)14-20-11-12-23(39-20)41-28-30-16(4)13-22(34)32-28/h7-15,25H,6H2,1-5H3,(H,30,32,34)/b21-14-/t25-/m0/s1. The Hall–Kier alpha value is -4.16. The molecule has 0 saturated carbocycles. The first kappa shape index (κ1) is 28.4. The molecule has 0 aliphatic carbocycles. The van der Waals surface area contributed by atoms with Crippen molar-refractivity contribution in [3.05, 3.63) is 101 Å². The van der Waals surface area contributed by atoms with Gasteiger partial charge in [-0.3, -0.25) is 14.2 Å². The number of hydrogen-bond acceptors (Lipinski definition) is 10. The summed E-state index contributed by atoms with van der Waals surface area (Å²) in [7, 11) is 0. The van der Waals surface area contributed by atoms with E-state index in [4.69, 9.17) is 13.9 Å². The minimum absolute atomic E-state index is 0.248. The molecule has 1 aliphatic heterocycles. The van der Waals surface area contributed by atoms with E-state index in [1.807, 2.05) is 31.2 Å². The average Bonchev–Trinajstić information content (AvgIpc) is 3.46. The van der Waals surface area contributed by atoms with Crippen LogP contribution in [0.2, 0.25) is 0 Å². The van der Waals surface area contributed by atoms with Gasteiger partial charge in [0.25, 0.3) is 11.1 Å². The number of carbonyl (C=O) groups is 1. The molecule has 1 N–H and O–H groups in total. The zero-order chi connectivity index (χ0) is 29.3. The third kappa shape index (κ3) is 6.13. The molecule has 5 rings (SSSR count). The van der Waals surface area contributed by atoms with Gasteiger partial charge in [0.05, 0.1) is 34.6 Å². The predicted octanol–water partition coefficient (Wildman–Crippen LogP) is 3.72. The van der Waals surface area contributed by atoms with Gasteiger partial charge in [0, 0.05) is 17.8 Å². The van der Waals surface area contributed by atoms with Crippen LogP contribution in [0, 0.1) is 6.92 Å². The number of aromatic amines is 1. The first-order chi connectivity index (χ1) is 19.6. The molecule has 0 radical (unpaired) electrons. The molecule has 12 heteroatoms. The van der Waals surface area contributed by atoms with E-state index in [-0.39, 0.29) is 17.2 Å². The normalized spacial score (nSPS) is 15.2. The third-order valence-corrected chi connectivity index (χ3v) is 7.80. The van der Waals surface area contributed by atoms with Gasteiger partial charge >= 0.3 is 5.97 Å². The molecular formula is C29H28N4O6S2. The summed E-state index contributed by atoms with van der Waals surface area (Å²) in [5, 5.41) is 0.904. The second kappa shape index (κ2) is 11.8. The van der Waals surface area contributed by atoms with E-state index >= 15 is 0 Å². The van der Waals surface area contributed by atoms with Crippen molar-refractivity contribution in [2.45, 2.75) is 57.0 Å². The quantitative estimate of drug-likeness (QED) is 0.242. The lowest BCUT2D eigenvalue weighted by Crippen LogP contribution is -2.40. The Morgan fingerprint density at radius 2 is 1.95 bits per heavy atom. The zero-order valence-electron chi connectivity index (χ0n) is 23.1. The monoisotopic (exact) mass is 592 g/mol. The van der Waals surface area contributed by atoms with E-state index in [0.717, 1.165) is 5.56 Å². The van der Waals surface area contributed by atoms with E-state index in [1.165, 1.54) is 33.7 Å². The minimum Gasteiger partial charge on any atom is -0.494 e. The third-order valence-electron chi connectivity index (χ3n) is 6.01. The Balaban J connectivity index is 1.56. The molecule has 0 saturated heterocycles. The van der Waals surface area contributed by atoms with E-state index < -0.39 is 12.0 Å². The number of nitrogens with zero attached hydrogens (tertiary/aromatic N) is 3. The first-order valence-corrected chi connectivity index (χ1v) is 14.6. The summed E-state index contributed by atoms with van der Waals surface area (Å²) in [6, 6.07) is 11.5. The molecule has 0 unspecified atom stereocenters. The van der Waals surface area contributed by atoms with Crippen LogP contribution in [0.3, 0.4) is 0 Å². The molecule has 41 heavy (non-hydrogen) atoms. The summed E-state index contributed by atoms with van der Waals surface area (Å²) in [4.78, 5) is 50.9. The van der Waals surface area contributed by atoms with Gasteiger partial charge in [0.2, 0.25) is 0 Å².